The summed E-state index contributed by atoms with van der Waals surface area (Å²) in [5.74, 6) is -1.04. The summed E-state index contributed by atoms with van der Waals surface area (Å²) in [5.41, 5.74) is 0.537. The van der Waals surface area contributed by atoms with E-state index in [1.165, 1.54) is 6.92 Å². The summed E-state index contributed by atoms with van der Waals surface area (Å²) in [5, 5.41) is 7.96. The minimum absolute atomic E-state index is 0.349. The molecule has 6 nitrogen and oxygen atoms in total. The number of hydrogen-bond donors (Lipinski definition) is 0. The van der Waals surface area contributed by atoms with Crippen LogP contribution in [0.5, 0.6) is 0 Å². The average molecular weight is 257 g/mol. The van der Waals surface area contributed by atoms with Gasteiger partial charge < -0.3 is 4.84 Å². The SMILES string of the molecule is CC(=O)N1N=C(C)C2ON=C(C(C)(C)C)P21=O. The summed E-state index contributed by atoms with van der Waals surface area (Å²) in [6.45, 7) is 8.72. The standard InChI is InChI=1S/C10H16N3O3P/c1-6-8-16-12-9(10(3,4)5)17(8,15)13(11-6)7(2)14/h8H,1-5H3. The van der Waals surface area contributed by atoms with Gasteiger partial charge in [0.15, 0.2) is 0 Å². The zero-order valence-corrected chi connectivity index (χ0v) is 11.5. The largest absolute Gasteiger partial charge is 0.375 e. The van der Waals surface area contributed by atoms with Crippen molar-refractivity contribution in [3.8, 4) is 0 Å². The molecular formula is C10H16N3O3P. The summed E-state index contributed by atoms with van der Waals surface area (Å²) in [6, 6.07) is 0. The Bertz CT molecular complexity index is 490. The third-order valence-corrected chi connectivity index (χ3v) is 6.10. The number of rotatable bonds is 0. The maximum Gasteiger partial charge on any atom is 0.287 e. The van der Waals surface area contributed by atoms with E-state index in [-0.39, 0.29) is 5.91 Å². The second kappa shape index (κ2) is 3.42. The monoisotopic (exact) mass is 257 g/mol. The molecular weight excluding hydrogens is 241 g/mol. The van der Waals surface area contributed by atoms with Gasteiger partial charge in [0.25, 0.3) is 7.29 Å². The minimum Gasteiger partial charge on any atom is -0.375 e. The Hall–Kier alpha value is -1.16. The summed E-state index contributed by atoms with van der Waals surface area (Å²) in [4.78, 5) is 16.8. The molecule has 2 rings (SSSR count). The van der Waals surface area contributed by atoms with Gasteiger partial charge in [0.2, 0.25) is 11.8 Å². The molecule has 0 saturated carbocycles. The van der Waals surface area contributed by atoms with Crippen LogP contribution in [-0.4, -0.2) is 27.7 Å². The van der Waals surface area contributed by atoms with Gasteiger partial charge in [0.1, 0.15) is 5.45 Å². The van der Waals surface area contributed by atoms with E-state index in [2.05, 4.69) is 10.3 Å². The third-order valence-electron chi connectivity index (χ3n) is 2.70. The molecule has 7 heteroatoms. The second-order valence-electron chi connectivity index (χ2n) is 5.30. The first-order valence-electron chi connectivity index (χ1n) is 5.40. The molecule has 0 aliphatic carbocycles. The van der Waals surface area contributed by atoms with Crippen molar-refractivity contribution in [2.24, 2.45) is 15.7 Å². The lowest BCUT2D eigenvalue weighted by atomic mass is 9.99. The normalized spacial score (nSPS) is 31.8. The van der Waals surface area contributed by atoms with Crippen molar-refractivity contribution in [2.45, 2.75) is 40.5 Å². The molecule has 0 radical (unpaired) electrons. The first-order valence-corrected chi connectivity index (χ1v) is 7.13. The number of amides is 1. The van der Waals surface area contributed by atoms with Crippen LogP contribution in [0, 0.1) is 5.41 Å². The number of carbonyl (C=O) groups excluding carboxylic acids is 1. The predicted octanol–water partition coefficient (Wildman–Crippen LogP) is 2.22. The molecule has 94 valence electrons. The first kappa shape index (κ1) is 12.3. The van der Waals surface area contributed by atoms with E-state index in [1.807, 2.05) is 20.8 Å². The highest BCUT2D eigenvalue weighted by Crippen LogP contribution is 2.66. The van der Waals surface area contributed by atoms with Crippen LogP contribution in [0.15, 0.2) is 10.3 Å². The molecule has 0 N–H and O–H groups in total. The highest BCUT2D eigenvalue weighted by Gasteiger charge is 2.60. The Labute approximate surface area is 100 Å². The highest BCUT2D eigenvalue weighted by molar-refractivity contribution is 7.81. The van der Waals surface area contributed by atoms with Crippen molar-refractivity contribution in [3.63, 3.8) is 0 Å². The van der Waals surface area contributed by atoms with Crippen LogP contribution >= 0.6 is 7.29 Å². The van der Waals surface area contributed by atoms with E-state index in [4.69, 9.17) is 4.84 Å². The van der Waals surface area contributed by atoms with Gasteiger partial charge in [0, 0.05) is 12.3 Å². The highest BCUT2D eigenvalue weighted by atomic mass is 31.2. The van der Waals surface area contributed by atoms with E-state index < -0.39 is 18.6 Å². The van der Waals surface area contributed by atoms with E-state index >= 15 is 0 Å². The molecule has 2 heterocycles. The summed E-state index contributed by atoms with van der Waals surface area (Å²) < 4.78 is 14.1. The quantitative estimate of drug-likeness (QED) is 0.624. The number of nitrogens with zero attached hydrogens (tertiary/aromatic N) is 3. The smallest absolute Gasteiger partial charge is 0.287 e. The van der Waals surface area contributed by atoms with Crippen molar-refractivity contribution >= 4 is 24.4 Å². The average Bonchev–Trinajstić information content (AvgIpc) is 2.60. The van der Waals surface area contributed by atoms with E-state index in [0.29, 0.717) is 11.2 Å². The van der Waals surface area contributed by atoms with Gasteiger partial charge in [-0.2, -0.15) is 9.88 Å². The van der Waals surface area contributed by atoms with Gasteiger partial charge in [-0.15, -0.1) is 0 Å². The molecule has 2 atom stereocenters. The topological polar surface area (TPSA) is 71.3 Å². The molecule has 0 bridgehead atoms. The molecule has 0 aromatic heterocycles. The summed E-state index contributed by atoms with van der Waals surface area (Å²) in [6.07, 6.45) is 0. The maximum atomic E-state index is 13.1. The molecule has 2 aliphatic rings. The molecule has 0 saturated heterocycles. The lowest BCUT2D eigenvalue weighted by Crippen LogP contribution is -2.29. The zero-order chi connectivity index (χ0) is 13.0. The third kappa shape index (κ3) is 1.54. The number of carbonyl (C=O) groups is 1. The van der Waals surface area contributed by atoms with Gasteiger partial charge in [-0.05, 0) is 6.92 Å². The van der Waals surface area contributed by atoms with Gasteiger partial charge in [-0.1, -0.05) is 25.9 Å². The van der Waals surface area contributed by atoms with Crippen LogP contribution in [-0.2, 0) is 14.2 Å². The van der Waals surface area contributed by atoms with Crippen LogP contribution < -0.4 is 0 Å². The Kier molecular flexibility index (Phi) is 2.47. The molecule has 17 heavy (non-hydrogen) atoms. The summed E-state index contributed by atoms with van der Waals surface area (Å²) in [7, 11) is -3.18. The second-order valence-corrected chi connectivity index (χ2v) is 7.81. The van der Waals surface area contributed by atoms with Crippen molar-refractivity contribution < 1.29 is 14.2 Å². The Morgan fingerprint density at radius 1 is 1.47 bits per heavy atom. The molecule has 0 spiro atoms. The molecule has 0 aromatic rings. The molecule has 0 fully saturated rings. The van der Waals surface area contributed by atoms with Crippen molar-refractivity contribution in [1.29, 1.82) is 0 Å². The van der Waals surface area contributed by atoms with Gasteiger partial charge in [-0.3, -0.25) is 9.36 Å². The predicted molar refractivity (Wildman–Crippen MR) is 65.0 cm³/mol. The van der Waals surface area contributed by atoms with Crippen molar-refractivity contribution in [1.82, 2.24) is 4.78 Å². The van der Waals surface area contributed by atoms with Crippen LogP contribution in [0.4, 0.5) is 0 Å². The van der Waals surface area contributed by atoms with Crippen LogP contribution in [0.3, 0.4) is 0 Å². The minimum atomic E-state index is -3.18. The van der Waals surface area contributed by atoms with Gasteiger partial charge in [0.05, 0.1) is 5.71 Å². The fourth-order valence-electron chi connectivity index (χ4n) is 2.01. The van der Waals surface area contributed by atoms with E-state index in [9.17, 15) is 9.36 Å². The lowest BCUT2D eigenvalue weighted by molar-refractivity contribution is -0.124. The van der Waals surface area contributed by atoms with Crippen LogP contribution in [0.1, 0.15) is 34.6 Å². The number of oxime groups is 1. The lowest BCUT2D eigenvalue weighted by Gasteiger charge is -2.26. The van der Waals surface area contributed by atoms with E-state index in [1.54, 1.807) is 6.92 Å². The van der Waals surface area contributed by atoms with Crippen molar-refractivity contribution in [2.75, 3.05) is 0 Å². The Balaban J connectivity index is 2.53. The molecule has 1 amide bonds. The zero-order valence-electron chi connectivity index (χ0n) is 10.6. The van der Waals surface area contributed by atoms with Crippen LogP contribution in [0.25, 0.3) is 0 Å². The molecule has 0 aromatic carbocycles. The number of hydrazone groups is 1. The van der Waals surface area contributed by atoms with E-state index in [0.717, 1.165) is 4.78 Å². The Morgan fingerprint density at radius 3 is 2.53 bits per heavy atom. The van der Waals surface area contributed by atoms with Crippen LogP contribution in [0.2, 0.25) is 0 Å². The maximum absolute atomic E-state index is 13.1. The Morgan fingerprint density at radius 2 is 2.06 bits per heavy atom. The fraction of sp³-hybridized carbons (Fsp3) is 0.700. The first-order chi connectivity index (χ1) is 7.69. The number of fused-ring (bicyclic) bond motifs is 1. The summed E-state index contributed by atoms with van der Waals surface area (Å²) >= 11 is 0. The number of hydrogen-bond acceptors (Lipinski definition) is 5. The molecule has 2 aliphatic heterocycles. The molecule has 2 unspecified atom stereocenters. The fourth-order valence-corrected chi connectivity index (χ4v) is 5.17. The van der Waals surface area contributed by atoms with Gasteiger partial charge >= 0.3 is 0 Å². The van der Waals surface area contributed by atoms with Crippen molar-refractivity contribution in [3.05, 3.63) is 0 Å². The van der Waals surface area contributed by atoms with Gasteiger partial charge in [-0.25, -0.2) is 0 Å².